The molecule has 0 fully saturated rings. The topological polar surface area (TPSA) is 62.3 Å². The van der Waals surface area contributed by atoms with Crippen LogP contribution in [-0.2, 0) is 10.2 Å². The van der Waals surface area contributed by atoms with Gasteiger partial charge in [0.05, 0.1) is 17.5 Å². The van der Waals surface area contributed by atoms with Crippen molar-refractivity contribution in [2.24, 2.45) is 0 Å². The van der Waals surface area contributed by atoms with E-state index in [-0.39, 0.29) is 0 Å². The van der Waals surface area contributed by atoms with Crippen molar-refractivity contribution in [2.75, 3.05) is 7.11 Å². The van der Waals surface area contributed by atoms with Crippen LogP contribution in [0.25, 0.3) is 10.9 Å². The van der Waals surface area contributed by atoms with Gasteiger partial charge in [-0.05, 0) is 38.5 Å². The molecule has 0 saturated carbocycles. The van der Waals surface area contributed by atoms with Crippen LogP contribution in [0.15, 0.2) is 12.1 Å². The van der Waals surface area contributed by atoms with Crippen LogP contribution in [0.4, 0.5) is 0 Å². The highest BCUT2D eigenvalue weighted by Gasteiger charge is 2.34. The maximum Gasteiger partial charge on any atom is 0.313 e. The summed E-state index contributed by atoms with van der Waals surface area (Å²) in [5.74, 6) is -0.332. The molecule has 102 valence electrons. The Hall–Kier alpha value is -1.68. The summed E-state index contributed by atoms with van der Waals surface area (Å²) in [6.07, 6.45) is 0. The fourth-order valence-electron chi connectivity index (χ4n) is 2.40. The zero-order chi connectivity index (χ0) is 14.4. The first-order chi connectivity index (χ1) is 8.78. The second kappa shape index (κ2) is 4.46. The van der Waals surface area contributed by atoms with Gasteiger partial charge in [-0.3, -0.25) is 4.79 Å². The lowest BCUT2D eigenvalue weighted by Crippen LogP contribution is -2.29. The summed E-state index contributed by atoms with van der Waals surface area (Å²) < 4.78 is 5.20. The number of carboxylic acids is 1. The number of methoxy groups -OCH3 is 1. The number of fused-ring (bicyclic) bond motifs is 1. The number of ether oxygens (including phenoxy) is 1. The van der Waals surface area contributed by atoms with Gasteiger partial charge in [0.15, 0.2) is 0 Å². The second-order valence-electron chi connectivity index (χ2n) is 5.09. The van der Waals surface area contributed by atoms with Crippen LogP contribution in [0.1, 0.15) is 25.1 Å². The van der Waals surface area contributed by atoms with Crippen LogP contribution in [-0.4, -0.2) is 23.2 Å². The molecule has 2 aromatic rings. The van der Waals surface area contributed by atoms with Crippen molar-refractivity contribution in [3.05, 3.63) is 28.4 Å². The molecule has 2 N–H and O–H groups in total. The van der Waals surface area contributed by atoms with Gasteiger partial charge in [-0.15, -0.1) is 0 Å². The van der Waals surface area contributed by atoms with Crippen molar-refractivity contribution in [3.8, 4) is 5.75 Å². The molecule has 0 atom stereocenters. The Labute approximate surface area is 116 Å². The van der Waals surface area contributed by atoms with Crippen LogP contribution in [0.3, 0.4) is 0 Å². The molecule has 2 rings (SSSR count). The summed E-state index contributed by atoms with van der Waals surface area (Å²) in [6, 6.07) is 3.53. The first kappa shape index (κ1) is 13.7. The van der Waals surface area contributed by atoms with Crippen molar-refractivity contribution >= 4 is 28.5 Å². The van der Waals surface area contributed by atoms with E-state index in [4.69, 9.17) is 16.3 Å². The zero-order valence-electron chi connectivity index (χ0n) is 11.3. The van der Waals surface area contributed by atoms with Crippen LogP contribution < -0.4 is 4.74 Å². The highest BCUT2D eigenvalue weighted by atomic mass is 35.5. The van der Waals surface area contributed by atoms with E-state index in [0.29, 0.717) is 10.8 Å². The molecule has 4 nitrogen and oxygen atoms in total. The number of aromatic amines is 1. The zero-order valence-corrected chi connectivity index (χ0v) is 12.1. The Morgan fingerprint density at radius 3 is 2.58 bits per heavy atom. The summed E-state index contributed by atoms with van der Waals surface area (Å²) >= 11 is 6.08. The molecule has 0 amide bonds. The van der Waals surface area contributed by atoms with Crippen LogP contribution in [0, 0.1) is 6.92 Å². The van der Waals surface area contributed by atoms with Gasteiger partial charge in [-0.1, -0.05) is 11.6 Å². The van der Waals surface area contributed by atoms with E-state index < -0.39 is 11.4 Å². The SMILES string of the molecule is COc1cc2c(C(C)(C)C(=O)O)c(C)[nH]c2cc1Cl. The van der Waals surface area contributed by atoms with Gasteiger partial charge in [-0.2, -0.15) is 0 Å². The number of benzene rings is 1. The Bertz CT molecular complexity index is 658. The highest BCUT2D eigenvalue weighted by molar-refractivity contribution is 6.32. The Morgan fingerprint density at radius 2 is 2.05 bits per heavy atom. The minimum absolute atomic E-state index is 0.496. The maximum absolute atomic E-state index is 11.5. The van der Waals surface area contributed by atoms with E-state index in [1.54, 1.807) is 26.0 Å². The average molecular weight is 282 g/mol. The summed E-state index contributed by atoms with van der Waals surface area (Å²) in [6.45, 7) is 5.23. The molecule has 0 unspecified atom stereocenters. The lowest BCUT2D eigenvalue weighted by Gasteiger charge is -2.20. The van der Waals surface area contributed by atoms with Gasteiger partial charge in [-0.25, -0.2) is 0 Å². The molecule has 0 radical (unpaired) electrons. The molecule has 19 heavy (non-hydrogen) atoms. The smallest absolute Gasteiger partial charge is 0.313 e. The second-order valence-corrected chi connectivity index (χ2v) is 5.49. The minimum Gasteiger partial charge on any atom is -0.495 e. The lowest BCUT2D eigenvalue weighted by molar-refractivity contribution is -0.142. The van der Waals surface area contributed by atoms with Gasteiger partial charge < -0.3 is 14.8 Å². The van der Waals surface area contributed by atoms with E-state index in [2.05, 4.69) is 4.98 Å². The first-order valence-corrected chi connectivity index (χ1v) is 6.26. The van der Waals surface area contributed by atoms with Crippen molar-refractivity contribution in [2.45, 2.75) is 26.2 Å². The third-order valence-corrected chi connectivity index (χ3v) is 3.71. The molecule has 5 heteroatoms. The first-order valence-electron chi connectivity index (χ1n) is 5.88. The lowest BCUT2D eigenvalue weighted by atomic mass is 9.83. The molecule has 1 aromatic carbocycles. The number of halogens is 1. The third kappa shape index (κ3) is 2.06. The number of carbonyl (C=O) groups is 1. The van der Waals surface area contributed by atoms with Gasteiger partial charge in [0.1, 0.15) is 5.75 Å². The van der Waals surface area contributed by atoms with Crippen LogP contribution in [0.5, 0.6) is 5.75 Å². The normalized spacial score (nSPS) is 11.8. The van der Waals surface area contributed by atoms with Crippen LogP contribution in [0.2, 0.25) is 5.02 Å². The maximum atomic E-state index is 11.5. The molecular formula is C14H16ClNO3. The molecule has 1 aromatic heterocycles. The number of carboxylic acid groups (broad SMARTS) is 1. The number of aryl methyl sites for hydroxylation is 1. The molecule has 0 spiro atoms. The monoisotopic (exact) mass is 281 g/mol. The largest absolute Gasteiger partial charge is 0.495 e. The molecule has 0 aliphatic rings. The Morgan fingerprint density at radius 1 is 1.42 bits per heavy atom. The van der Waals surface area contributed by atoms with Crippen molar-refractivity contribution in [1.82, 2.24) is 4.98 Å². The molecule has 0 saturated heterocycles. The van der Waals surface area contributed by atoms with Gasteiger partial charge in [0.25, 0.3) is 0 Å². The number of hydrogen-bond acceptors (Lipinski definition) is 2. The van der Waals surface area contributed by atoms with Gasteiger partial charge in [0.2, 0.25) is 0 Å². The van der Waals surface area contributed by atoms with E-state index in [1.165, 1.54) is 7.11 Å². The quantitative estimate of drug-likeness (QED) is 0.905. The van der Waals surface area contributed by atoms with Crippen molar-refractivity contribution in [3.63, 3.8) is 0 Å². The van der Waals surface area contributed by atoms with Crippen molar-refractivity contribution in [1.29, 1.82) is 0 Å². The number of aliphatic carboxylic acids is 1. The highest BCUT2D eigenvalue weighted by Crippen LogP contribution is 2.38. The van der Waals surface area contributed by atoms with E-state index in [0.717, 1.165) is 22.2 Å². The standard InChI is InChI=1S/C14H16ClNO3/c1-7-12(14(2,3)13(17)18)8-5-11(19-4)9(15)6-10(8)16-7/h5-6,16H,1-4H3,(H,17,18). The van der Waals surface area contributed by atoms with E-state index in [1.807, 2.05) is 6.92 Å². The number of aromatic nitrogens is 1. The molecule has 0 aliphatic carbocycles. The van der Waals surface area contributed by atoms with Crippen LogP contribution >= 0.6 is 11.6 Å². The van der Waals surface area contributed by atoms with E-state index >= 15 is 0 Å². The van der Waals surface area contributed by atoms with Crippen molar-refractivity contribution < 1.29 is 14.6 Å². The summed E-state index contributed by atoms with van der Waals surface area (Å²) in [5.41, 5.74) is 1.41. The van der Waals surface area contributed by atoms with Gasteiger partial charge >= 0.3 is 5.97 Å². The molecule has 1 heterocycles. The Kier molecular flexibility index (Phi) is 3.22. The predicted molar refractivity (Wildman–Crippen MR) is 75.3 cm³/mol. The number of hydrogen-bond donors (Lipinski definition) is 2. The number of nitrogens with one attached hydrogen (secondary N) is 1. The summed E-state index contributed by atoms with van der Waals surface area (Å²) in [4.78, 5) is 14.6. The molecular weight excluding hydrogens is 266 g/mol. The Balaban J connectivity index is 2.81. The summed E-state index contributed by atoms with van der Waals surface area (Å²) in [5, 5.41) is 10.7. The number of rotatable bonds is 3. The summed E-state index contributed by atoms with van der Waals surface area (Å²) in [7, 11) is 1.54. The molecule has 0 aliphatic heterocycles. The number of H-pyrrole nitrogens is 1. The minimum atomic E-state index is -0.985. The van der Waals surface area contributed by atoms with Gasteiger partial charge in [0, 0.05) is 16.6 Å². The van der Waals surface area contributed by atoms with E-state index in [9.17, 15) is 9.90 Å². The third-order valence-electron chi connectivity index (χ3n) is 3.42. The average Bonchev–Trinajstić information content (AvgIpc) is 2.63. The fourth-order valence-corrected chi connectivity index (χ4v) is 2.64. The fraction of sp³-hybridized carbons (Fsp3) is 0.357. The predicted octanol–water partition coefficient (Wildman–Crippen LogP) is 3.50. The molecule has 0 bridgehead atoms.